The lowest BCUT2D eigenvalue weighted by Crippen LogP contribution is -2.38. The molecule has 0 atom stereocenters. The predicted molar refractivity (Wildman–Crippen MR) is 98.8 cm³/mol. The third-order valence-electron chi connectivity index (χ3n) is 3.52. The second-order valence-electron chi connectivity index (χ2n) is 5.00. The Balaban J connectivity index is 1.81. The van der Waals surface area contributed by atoms with Gasteiger partial charge in [0.1, 0.15) is 11.6 Å². The third-order valence-corrected chi connectivity index (χ3v) is 4.07. The maximum atomic E-state index is 6.08. The molecule has 1 N–H and O–H groups in total. The Morgan fingerprint density at radius 1 is 1.26 bits per heavy atom. The monoisotopic (exact) mass is 345 g/mol. The Morgan fingerprint density at radius 2 is 2.09 bits per heavy atom. The summed E-state index contributed by atoms with van der Waals surface area (Å²) in [5, 5.41) is 4.51. The number of aliphatic imine (C=N–C) groups is 1. The minimum atomic E-state index is 0.589. The van der Waals surface area contributed by atoms with Gasteiger partial charge in [0.25, 0.3) is 0 Å². The number of anilines is 1. The molecule has 1 heterocycles. The third kappa shape index (κ3) is 3.46. The summed E-state index contributed by atoms with van der Waals surface area (Å²) in [7, 11) is 1.64. The Labute approximate surface area is 145 Å². The van der Waals surface area contributed by atoms with E-state index in [-0.39, 0.29) is 0 Å². The van der Waals surface area contributed by atoms with Crippen LogP contribution in [-0.4, -0.2) is 36.0 Å². The lowest BCUT2D eigenvalue weighted by molar-refractivity contribution is 0.417. The van der Waals surface area contributed by atoms with E-state index in [0.29, 0.717) is 16.7 Å². The molecule has 2 aromatic rings. The summed E-state index contributed by atoms with van der Waals surface area (Å²) in [5.74, 6) is 1.58. The number of benzene rings is 2. The second kappa shape index (κ2) is 6.98. The van der Waals surface area contributed by atoms with Crippen LogP contribution in [0.3, 0.4) is 0 Å². The Morgan fingerprint density at radius 3 is 2.87 bits per heavy atom. The summed E-state index contributed by atoms with van der Waals surface area (Å²) in [4.78, 5) is 6.54. The van der Waals surface area contributed by atoms with Gasteiger partial charge in [0, 0.05) is 17.1 Å². The molecule has 0 fully saturated rings. The first-order chi connectivity index (χ1) is 11.2. The zero-order chi connectivity index (χ0) is 16.2. The Hall–Kier alpha value is -2.11. The molecule has 0 unspecified atom stereocenters. The predicted octanol–water partition coefficient (Wildman–Crippen LogP) is 3.81. The lowest BCUT2D eigenvalue weighted by atomic mass is 10.2. The van der Waals surface area contributed by atoms with Gasteiger partial charge in [-0.3, -0.25) is 4.99 Å². The summed E-state index contributed by atoms with van der Waals surface area (Å²) < 4.78 is 5.35. The van der Waals surface area contributed by atoms with Gasteiger partial charge in [-0.2, -0.15) is 0 Å². The van der Waals surface area contributed by atoms with Gasteiger partial charge < -0.3 is 15.0 Å². The first-order valence-electron chi connectivity index (χ1n) is 7.21. The molecule has 0 amide bonds. The van der Waals surface area contributed by atoms with Gasteiger partial charge in [-0.15, -0.1) is 0 Å². The molecule has 0 spiro atoms. The van der Waals surface area contributed by atoms with Crippen molar-refractivity contribution in [1.29, 1.82) is 0 Å². The second-order valence-corrected chi connectivity index (χ2v) is 5.82. The fourth-order valence-electron chi connectivity index (χ4n) is 2.45. The molecule has 0 radical (unpaired) electrons. The van der Waals surface area contributed by atoms with Crippen molar-refractivity contribution in [2.75, 3.05) is 25.5 Å². The number of para-hydroxylation sites is 2. The van der Waals surface area contributed by atoms with E-state index < -0.39 is 0 Å². The summed E-state index contributed by atoms with van der Waals surface area (Å²) >= 11 is 11.6. The van der Waals surface area contributed by atoms with Crippen molar-refractivity contribution in [3.05, 3.63) is 59.1 Å². The number of thiocarbonyl (C=S) groups is 1. The minimum Gasteiger partial charge on any atom is -0.495 e. The summed E-state index contributed by atoms with van der Waals surface area (Å²) in [6.45, 7) is 1.44. The summed E-state index contributed by atoms with van der Waals surface area (Å²) in [6, 6.07) is 15.3. The molecular formula is C17H16ClN3OS. The standard InChI is InChI=1S/C17H16ClN3OS/c1-22-15-8-3-2-7-14(15)20-17(23)21-10-9-19-16(21)12-5-4-6-13(18)11-12/h2-8,11H,9-10H2,1H3,(H,20,23). The molecule has 6 heteroatoms. The molecular weight excluding hydrogens is 330 g/mol. The maximum Gasteiger partial charge on any atom is 0.179 e. The van der Waals surface area contributed by atoms with Gasteiger partial charge in [-0.05, 0) is 36.5 Å². The van der Waals surface area contributed by atoms with Crippen LogP contribution in [0.1, 0.15) is 5.56 Å². The van der Waals surface area contributed by atoms with Gasteiger partial charge in [0.2, 0.25) is 0 Å². The molecule has 0 bridgehead atoms. The van der Waals surface area contributed by atoms with Gasteiger partial charge in [0.05, 0.1) is 19.3 Å². The van der Waals surface area contributed by atoms with Crippen LogP contribution in [0.25, 0.3) is 0 Å². The molecule has 3 rings (SSSR count). The van der Waals surface area contributed by atoms with Crippen LogP contribution >= 0.6 is 23.8 Å². The smallest absolute Gasteiger partial charge is 0.179 e. The van der Waals surface area contributed by atoms with Crippen molar-refractivity contribution in [2.45, 2.75) is 0 Å². The number of nitrogens with zero attached hydrogens (tertiary/aromatic N) is 2. The number of nitrogens with one attached hydrogen (secondary N) is 1. The SMILES string of the molecule is COc1ccccc1NC(=S)N1CCN=C1c1cccc(Cl)c1. The fourth-order valence-corrected chi connectivity index (χ4v) is 2.93. The highest BCUT2D eigenvalue weighted by Gasteiger charge is 2.23. The largest absolute Gasteiger partial charge is 0.495 e. The Kier molecular flexibility index (Phi) is 4.79. The molecule has 2 aromatic carbocycles. The molecule has 0 saturated carbocycles. The van der Waals surface area contributed by atoms with Crippen LogP contribution in [0, 0.1) is 0 Å². The molecule has 118 valence electrons. The van der Waals surface area contributed by atoms with E-state index in [1.807, 2.05) is 53.4 Å². The molecule has 23 heavy (non-hydrogen) atoms. The Bertz CT molecular complexity index is 763. The van der Waals surface area contributed by atoms with Crippen molar-refractivity contribution < 1.29 is 4.74 Å². The normalized spacial score (nSPS) is 13.7. The summed E-state index contributed by atoms with van der Waals surface area (Å²) in [6.07, 6.45) is 0. The van der Waals surface area contributed by atoms with E-state index in [1.165, 1.54) is 0 Å². The van der Waals surface area contributed by atoms with Crippen molar-refractivity contribution in [3.63, 3.8) is 0 Å². The quantitative estimate of drug-likeness (QED) is 0.858. The molecule has 1 aliphatic heterocycles. The lowest BCUT2D eigenvalue weighted by Gasteiger charge is -2.23. The van der Waals surface area contributed by atoms with Gasteiger partial charge >= 0.3 is 0 Å². The number of methoxy groups -OCH3 is 1. The minimum absolute atomic E-state index is 0.589. The van der Waals surface area contributed by atoms with Crippen LogP contribution in [0.2, 0.25) is 5.02 Å². The number of rotatable bonds is 3. The van der Waals surface area contributed by atoms with Gasteiger partial charge in [-0.1, -0.05) is 35.9 Å². The molecule has 0 aromatic heterocycles. The maximum absolute atomic E-state index is 6.08. The van der Waals surface area contributed by atoms with Crippen LogP contribution in [0.4, 0.5) is 5.69 Å². The molecule has 0 aliphatic carbocycles. The number of hydrogen-bond acceptors (Lipinski definition) is 3. The van der Waals surface area contributed by atoms with Crippen LogP contribution in [-0.2, 0) is 0 Å². The zero-order valence-electron chi connectivity index (χ0n) is 12.6. The van der Waals surface area contributed by atoms with E-state index in [0.717, 1.165) is 29.4 Å². The van der Waals surface area contributed by atoms with E-state index in [9.17, 15) is 0 Å². The number of halogens is 1. The highest BCUT2D eigenvalue weighted by molar-refractivity contribution is 7.80. The number of ether oxygens (including phenoxy) is 1. The van der Waals surface area contributed by atoms with Crippen molar-refractivity contribution in [2.24, 2.45) is 4.99 Å². The first-order valence-corrected chi connectivity index (χ1v) is 7.99. The van der Waals surface area contributed by atoms with Crippen molar-refractivity contribution in [1.82, 2.24) is 4.90 Å². The van der Waals surface area contributed by atoms with Crippen molar-refractivity contribution in [3.8, 4) is 5.75 Å². The average Bonchev–Trinajstić information content (AvgIpc) is 3.05. The topological polar surface area (TPSA) is 36.9 Å². The van der Waals surface area contributed by atoms with Gasteiger partial charge in [-0.25, -0.2) is 0 Å². The average molecular weight is 346 g/mol. The molecule has 0 saturated heterocycles. The van der Waals surface area contributed by atoms with E-state index in [2.05, 4.69) is 10.3 Å². The highest BCUT2D eigenvalue weighted by atomic mass is 35.5. The number of hydrogen-bond donors (Lipinski definition) is 1. The van der Waals surface area contributed by atoms with E-state index >= 15 is 0 Å². The van der Waals surface area contributed by atoms with Crippen LogP contribution in [0.15, 0.2) is 53.5 Å². The summed E-state index contributed by atoms with van der Waals surface area (Å²) in [5.41, 5.74) is 1.79. The zero-order valence-corrected chi connectivity index (χ0v) is 14.2. The highest BCUT2D eigenvalue weighted by Crippen LogP contribution is 2.24. The number of amidine groups is 1. The van der Waals surface area contributed by atoms with E-state index in [4.69, 9.17) is 28.6 Å². The molecule has 4 nitrogen and oxygen atoms in total. The molecule has 1 aliphatic rings. The van der Waals surface area contributed by atoms with Crippen molar-refractivity contribution >= 4 is 40.5 Å². The van der Waals surface area contributed by atoms with Crippen LogP contribution < -0.4 is 10.1 Å². The van der Waals surface area contributed by atoms with E-state index in [1.54, 1.807) is 7.11 Å². The first kappa shape index (κ1) is 15.8. The fraction of sp³-hybridized carbons (Fsp3) is 0.176. The van der Waals surface area contributed by atoms with Gasteiger partial charge in [0.15, 0.2) is 5.11 Å². The van der Waals surface area contributed by atoms with Crippen LogP contribution in [0.5, 0.6) is 5.75 Å².